The van der Waals surface area contributed by atoms with Crippen molar-refractivity contribution in [1.29, 1.82) is 0 Å². The first-order valence-electron chi connectivity index (χ1n) is 18.3. The van der Waals surface area contributed by atoms with E-state index in [4.69, 9.17) is 33.2 Å². The minimum absolute atomic E-state index is 0.223. The van der Waals surface area contributed by atoms with Gasteiger partial charge < -0.3 is 33.2 Å². The molecule has 6 rings (SSSR count). The fraction of sp³-hybridized carbons (Fsp3) is 0.311. The summed E-state index contributed by atoms with van der Waals surface area (Å²) in [4.78, 5) is 13.7. The Labute approximate surface area is 322 Å². The summed E-state index contributed by atoms with van der Waals surface area (Å²) < 4.78 is 45.6. The zero-order chi connectivity index (χ0) is 37.4. The molecule has 5 aromatic carbocycles. The Bertz CT molecular complexity index is 1790. The molecule has 5 aromatic rings. The molecule has 0 aromatic heterocycles. The van der Waals surface area contributed by atoms with Gasteiger partial charge >= 0.3 is 5.97 Å². The maximum absolute atomic E-state index is 13.7. The van der Waals surface area contributed by atoms with E-state index < -0.39 is 41.9 Å². The number of rotatable bonds is 19. The van der Waals surface area contributed by atoms with Crippen molar-refractivity contribution in [3.63, 3.8) is 0 Å². The fourth-order valence-electron chi connectivity index (χ4n) is 6.27. The van der Waals surface area contributed by atoms with Gasteiger partial charge in [-0.15, -0.1) is 11.8 Å². The van der Waals surface area contributed by atoms with E-state index in [1.807, 2.05) is 133 Å². The van der Waals surface area contributed by atoms with Crippen molar-refractivity contribution >= 4 is 17.7 Å². The quantitative estimate of drug-likeness (QED) is 0.0771. The summed E-state index contributed by atoms with van der Waals surface area (Å²) in [6, 6.07) is 46.7. The first-order chi connectivity index (χ1) is 26.6. The number of carbonyl (C=O) groups excluding carboxylic acids is 1. The van der Waals surface area contributed by atoms with Crippen molar-refractivity contribution in [3.05, 3.63) is 173 Å². The van der Waals surface area contributed by atoms with E-state index in [0.29, 0.717) is 24.5 Å². The number of ether oxygens (including phenoxy) is 7. The molecule has 0 radical (unpaired) electrons. The Morgan fingerprint density at radius 3 is 1.72 bits per heavy atom. The van der Waals surface area contributed by atoms with Crippen LogP contribution in [0.25, 0.3) is 0 Å². The largest absolute Gasteiger partial charge is 0.497 e. The van der Waals surface area contributed by atoms with E-state index in [2.05, 4.69) is 6.92 Å². The molecular weight excluding hydrogens is 701 g/mol. The van der Waals surface area contributed by atoms with E-state index in [1.54, 1.807) is 31.0 Å². The highest BCUT2D eigenvalue weighted by molar-refractivity contribution is 7.99. The first kappa shape index (κ1) is 39.2. The van der Waals surface area contributed by atoms with E-state index in [0.717, 1.165) is 28.0 Å². The van der Waals surface area contributed by atoms with Gasteiger partial charge in [0.2, 0.25) is 0 Å². The first-order valence-corrected chi connectivity index (χ1v) is 19.4. The van der Waals surface area contributed by atoms with Crippen LogP contribution < -0.4 is 4.74 Å². The van der Waals surface area contributed by atoms with Gasteiger partial charge in [-0.05, 0) is 52.3 Å². The van der Waals surface area contributed by atoms with Crippen LogP contribution in [-0.4, -0.2) is 61.4 Å². The molecule has 9 heteroatoms. The Morgan fingerprint density at radius 2 is 1.15 bits per heavy atom. The second-order valence-corrected chi connectivity index (χ2v) is 14.3. The molecule has 1 aliphatic heterocycles. The SMILES string of the molecule is CCS[C@H]1O[C@H]([C@H](COCc2ccccc2)OCc2ccccc2)[C@@H](OCc2ccccc2)[C@H](OCc2ccc(OC)cc2)[C@@H]1OC(=O)c1ccccc1. The average molecular weight is 749 g/mol. The average Bonchev–Trinajstić information content (AvgIpc) is 3.23. The third-order valence-corrected chi connectivity index (χ3v) is 10.1. The number of benzene rings is 5. The lowest BCUT2D eigenvalue weighted by molar-refractivity contribution is -0.261. The van der Waals surface area contributed by atoms with Crippen LogP contribution in [0.5, 0.6) is 5.75 Å². The van der Waals surface area contributed by atoms with Crippen LogP contribution in [0.2, 0.25) is 0 Å². The third kappa shape index (κ3) is 11.3. The van der Waals surface area contributed by atoms with Gasteiger partial charge in [0.1, 0.15) is 35.6 Å². The number of methoxy groups -OCH3 is 1. The Morgan fingerprint density at radius 1 is 0.630 bits per heavy atom. The number of hydrogen-bond donors (Lipinski definition) is 0. The van der Waals surface area contributed by atoms with E-state index in [9.17, 15) is 4.79 Å². The Kier molecular flexibility index (Phi) is 15.1. The van der Waals surface area contributed by atoms with Gasteiger partial charge in [0, 0.05) is 0 Å². The molecule has 0 bridgehead atoms. The van der Waals surface area contributed by atoms with Gasteiger partial charge in [0.25, 0.3) is 0 Å². The molecular formula is C45H48O8S. The summed E-state index contributed by atoms with van der Waals surface area (Å²) in [5.74, 6) is 0.988. The van der Waals surface area contributed by atoms with Crippen LogP contribution in [0.15, 0.2) is 146 Å². The molecule has 54 heavy (non-hydrogen) atoms. The van der Waals surface area contributed by atoms with Gasteiger partial charge in [-0.25, -0.2) is 4.79 Å². The third-order valence-electron chi connectivity index (χ3n) is 9.07. The van der Waals surface area contributed by atoms with Crippen LogP contribution in [0, 0.1) is 0 Å². The van der Waals surface area contributed by atoms with Crippen LogP contribution in [0.4, 0.5) is 0 Å². The normalized spacial score (nSPS) is 20.2. The minimum Gasteiger partial charge on any atom is -0.497 e. The van der Waals surface area contributed by atoms with E-state index in [1.165, 1.54) is 0 Å². The molecule has 0 aliphatic carbocycles. The van der Waals surface area contributed by atoms with Crippen molar-refractivity contribution in [2.24, 2.45) is 0 Å². The summed E-state index contributed by atoms with van der Waals surface area (Å²) in [6.45, 7) is 3.51. The molecule has 6 atom stereocenters. The molecule has 0 N–H and O–H groups in total. The lowest BCUT2D eigenvalue weighted by atomic mass is 9.95. The van der Waals surface area contributed by atoms with Crippen LogP contribution >= 0.6 is 11.8 Å². The summed E-state index contributed by atoms with van der Waals surface area (Å²) in [7, 11) is 1.64. The summed E-state index contributed by atoms with van der Waals surface area (Å²) >= 11 is 1.55. The van der Waals surface area contributed by atoms with Gasteiger partial charge in [-0.2, -0.15) is 0 Å². The number of carbonyl (C=O) groups is 1. The van der Waals surface area contributed by atoms with Gasteiger partial charge in [0.05, 0.1) is 45.7 Å². The number of thioether (sulfide) groups is 1. The highest BCUT2D eigenvalue weighted by Gasteiger charge is 2.52. The van der Waals surface area contributed by atoms with Crippen molar-refractivity contribution < 1.29 is 38.0 Å². The monoisotopic (exact) mass is 748 g/mol. The lowest BCUT2D eigenvalue weighted by Crippen LogP contribution is -2.63. The second kappa shape index (κ2) is 20.8. The van der Waals surface area contributed by atoms with Crippen molar-refractivity contribution in [2.45, 2.75) is 69.3 Å². The molecule has 1 aliphatic rings. The smallest absolute Gasteiger partial charge is 0.338 e. The topological polar surface area (TPSA) is 81.7 Å². The van der Waals surface area contributed by atoms with Crippen molar-refractivity contribution in [1.82, 2.24) is 0 Å². The Hall–Kier alpha value is -4.48. The summed E-state index contributed by atoms with van der Waals surface area (Å²) in [6.07, 6.45) is -3.54. The standard InChI is InChI=1S/C45H48O8S/c1-3-54-45-43(52-44(46)37-22-14-7-15-23-37)42(51-31-36-24-26-38(47-2)27-25-36)41(50-30-35-20-12-6-13-21-35)40(53-45)39(49-29-34-18-10-5-11-19-34)32-48-28-33-16-8-4-9-17-33/h4-27,39-43,45H,3,28-32H2,1-2H3/t39-,40+,41+,42-,43-,45+/m0/s1. The fourth-order valence-corrected chi connectivity index (χ4v) is 7.20. The maximum atomic E-state index is 13.7. The van der Waals surface area contributed by atoms with Crippen LogP contribution in [0.3, 0.4) is 0 Å². The zero-order valence-corrected chi connectivity index (χ0v) is 31.6. The maximum Gasteiger partial charge on any atom is 0.338 e. The molecule has 1 saturated heterocycles. The predicted molar refractivity (Wildman–Crippen MR) is 210 cm³/mol. The van der Waals surface area contributed by atoms with Gasteiger partial charge in [-0.1, -0.05) is 128 Å². The van der Waals surface area contributed by atoms with Crippen LogP contribution in [-0.2, 0) is 54.8 Å². The van der Waals surface area contributed by atoms with Crippen molar-refractivity contribution in [2.75, 3.05) is 19.5 Å². The number of esters is 1. The number of hydrogen-bond acceptors (Lipinski definition) is 9. The lowest BCUT2D eigenvalue weighted by Gasteiger charge is -2.47. The van der Waals surface area contributed by atoms with E-state index in [-0.39, 0.29) is 19.8 Å². The Balaban J connectivity index is 1.36. The van der Waals surface area contributed by atoms with E-state index >= 15 is 0 Å². The second-order valence-electron chi connectivity index (χ2n) is 12.9. The molecule has 8 nitrogen and oxygen atoms in total. The molecule has 0 spiro atoms. The highest BCUT2D eigenvalue weighted by atomic mass is 32.2. The zero-order valence-electron chi connectivity index (χ0n) is 30.7. The molecule has 1 heterocycles. The highest BCUT2D eigenvalue weighted by Crippen LogP contribution is 2.37. The molecule has 0 amide bonds. The molecule has 0 unspecified atom stereocenters. The van der Waals surface area contributed by atoms with Gasteiger partial charge in [-0.3, -0.25) is 0 Å². The molecule has 282 valence electrons. The summed E-state index contributed by atoms with van der Waals surface area (Å²) in [5, 5.41) is 0. The minimum atomic E-state index is -0.821. The molecule has 1 fully saturated rings. The van der Waals surface area contributed by atoms with Crippen LogP contribution in [0.1, 0.15) is 39.5 Å². The van der Waals surface area contributed by atoms with Gasteiger partial charge in [0.15, 0.2) is 6.10 Å². The molecule has 0 saturated carbocycles. The predicted octanol–water partition coefficient (Wildman–Crippen LogP) is 8.67. The summed E-state index contributed by atoms with van der Waals surface area (Å²) in [5.41, 5.74) is 3.82. The van der Waals surface area contributed by atoms with Crippen molar-refractivity contribution in [3.8, 4) is 5.75 Å².